The molecule has 0 bridgehead atoms. The molecule has 0 radical (unpaired) electrons. The van der Waals surface area contributed by atoms with Gasteiger partial charge in [-0.05, 0) is 18.2 Å². The molecule has 14 heavy (non-hydrogen) atoms. The lowest BCUT2D eigenvalue weighted by Gasteiger charge is -2.15. The number of benzene rings is 1. The first kappa shape index (κ1) is 11.9. The van der Waals surface area contributed by atoms with Crippen molar-refractivity contribution in [1.29, 1.82) is 0 Å². The molecule has 0 spiro atoms. The molecule has 0 saturated heterocycles. The van der Waals surface area contributed by atoms with Crippen LogP contribution in [0.15, 0.2) is 22.7 Å². The monoisotopic (exact) mass is 284 g/mol. The molecule has 78 valence electrons. The lowest BCUT2D eigenvalue weighted by atomic mass is 10.1. The quantitative estimate of drug-likeness (QED) is 0.900. The Balaban J connectivity index is 3.05. The van der Waals surface area contributed by atoms with Gasteiger partial charge in [-0.25, -0.2) is 8.78 Å². The van der Waals surface area contributed by atoms with Gasteiger partial charge in [0, 0.05) is 28.1 Å². The van der Waals surface area contributed by atoms with Gasteiger partial charge in [0.25, 0.3) is 5.92 Å². The largest absolute Gasteiger partial charge is 0.396 e. The van der Waals surface area contributed by atoms with Crippen molar-refractivity contribution in [2.24, 2.45) is 0 Å². The Bertz CT molecular complexity index is 310. The summed E-state index contributed by atoms with van der Waals surface area (Å²) >= 11 is 8.71. The van der Waals surface area contributed by atoms with Gasteiger partial charge in [0.05, 0.1) is 0 Å². The molecule has 0 aliphatic rings. The molecule has 1 nitrogen and oxygen atoms in total. The smallest absolute Gasteiger partial charge is 0.275 e. The predicted molar refractivity (Wildman–Crippen MR) is 54.7 cm³/mol. The highest BCUT2D eigenvalue weighted by atomic mass is 79.9. The van der Waals surface area contributed by atoms with E-state index < -0.39 is 19.0 Å². The molecule has 0 fully saturated rings. The summed E-state index contributed by atoms with van der Waals surface area (Å²) < 4.78 is 27.1. The van der Waals surface area contributed by atoms with Crippen LogP contribution >= 0.6 is 27.5 Å². The molecule has 0 heterocycles. The molecule has 1 N–H and O–H groups in total. The minimum atomic E-state index is -3.04. The molecule has 1 rings (SSSR count). The van der Waals surface area contributed by atoms with Crippen LogP contribution in [0.4, 0.5) is 8.78 Å². The van der Waals surface area contributed by atoms with Gasteiger partial charge in [-0.1, -0.05) is 27.5 Å². The lowest BCUT2D eigenvalue weighted by Crippen LogP contribution is -2.15. The van der Waals surface area contributed by atoms with Crippen LogP contribution in [0, 0.1) is 0 Å². The van der Waals surface area contributed by atoms with E-state index in [1.807, 2.05) is 0 Å². The third-order valence-corrected chi connectivity index (χ3v) is 2.39. The maximum atomic E-state index is 13.3. The molecular weight excluding hydrogens is 277 g/mol. The van der Waals surface area contributed by atoms with E-state index in [4.69, 9.17) is 16.7 Å². The van der Waals surface area contributed by atoms with Crippen LogP contribution < -0.4 is 0 Å². The van der Waals surface area contributed by atoms with E-state index in [1.54, 1.807) is 0 Å². The Morgan fingerprint density at radius 1 is 1.36 bits per heavy atom. The van der Waals surface area contributed by atoms with E-state index in [0.717, 1.165) is 0 Å². The molecule has 0 aliphatic carbocycles. The lowest BCUT2D eigenvalue weighted by molar-refractivity contribution is -0.0270. The van der Waals surface area contributed by atoms with Crippen molar-refractivity contribution in [3.63, 3.8) is 0 Å². The molecular formula is C9H8BrClF2O. The average molecular weight is 286 g/mol. The zero-order chi connectivity index (χ0) is 10.8. The van der Waals surface area contributed by atoms with E-state index in [1.165, 1.54) is 18.2 Å². The molecule has 0 atom stereocenters. The van der Waals surface area contributed by atoms with Crippen LogP contribution in [0.1, 0.15) is 12.0 Å². The molecule has 0 aliphatic heterocycles. The number of rotatable bonds is 3. The summed E-state index contributed by atoms with van der Waals surface area (Å²) in [7, 11) is 0. The van der Waals surface area contributed by atoms with Crippen molar-refractivity contribution in [3.8, 4) is 0 Å². The molecule has 0 saturated carbocycles. The molecule has 1 aromatic rings. The Labute approximate surface area is 93.8 Å². The molecule has 1 aromatic carbocycles. The van der Waals surface area contributed by atoms with Crippen LogP contribution in [-0.4, -0.2) is 11.7 Å². The summed E-state index contributed by atoms with van der Waals surface area (Å²) in [5, 5.41) is 8.72. The fourth-order valence-corrected chi connectivity index (χ4v) is 1.91. The maximum absolute atomic E-state index is 13.3. The number of halogens is 4. The highest BCUT2D eigenvalue weighted by molar-refractivity contribution is 9.10. The van der Waals surface area contributed by atoms with E-state index in [0.29, 0.717) is 4.47 Å². The fourth-order valence-electron chi connectivity index (χ4n) is 1.05. The predicted octanol–water partition coefficient (Wildman–Crippen LogP) is 3.58. The number of hydrogen-bond acceptors (Lipinski definition) is 1. The van der Waals surface area contributed by atoms with Crippen LogP contribution in [0.3, 0.4) is 0 Å². The number of hydrogen-bond donors (Lipinski definition) is 1. The van der Waals surface area contributed by atoms with Crippen molar-refractivity contribution >= 4 is 27.5 Å². The Kier molecular flexibility index (Phi) is 3.86. The van der Waals surface area contributed by atoms with Crippen molar-refractivity contribution in [2.75, 3.05) is 6.61 Å². The summed E-state index contributed by atoms with van der Waals surface area (Å²) in [6, 6.07) is 4.02. The minimum absolute atomic E-state index is 0.189. The van der Waals surface area contributed by atoms with Gasteiger partial charge in [-0.15, -0.1) is 0 Å². The summed E-state index contributed by atoms with van der Waals surface area (Å²) in [6.07, 6.45) is -0.597. The Morgan fingerprint density at radius 3 is 2.50 bits per heavy atom. The zero-order valence-corrected chi connectivity index (χ0v) is 9.45. The number of alkyl halides is 2. The second kappa shape index (κ2) is 4.55. The highest BCUT2D eigenvalue weighted by Gasteiger charge is 2.31. The number of aliphatic hydroxyl groups is 1. The van der Waals surface area contributed by atoms with Crippen LogP contribution in [0.2, 0.25) is 5.02 Å². The number of aliphatic hydroxyl groups excluding tert-OH is 1. The van der Waals surface area contributed by atoms with Gasteiger partial charge in [-0.3, -0.25) is 0 Å². The van der Waals surface area contributed by atoms with Crippen LogP contribution in [0.5, 0.6) is 0 Å². The first-order valence-corrected chi connectivity index (χ1v) is 5.08. The third kappa shape index (κ3) is 2.90. The van der Waals surface area contributed by atoms with Gasteiger partial charge in [0.1, 0.15) is 0 Å². The maximum Gasteiger partial charge on any atom is 0.275 e. The second-order valence-corrected chi connectivity index (χ2v) is 4.19. The third-order valence-electron chi connectivity index (χ3n) is 1.71. The van der Waals surface area contributed by atoms with Gasteiger partial charge < -0.3 is 5.11 Å². The van der Waals surface area contributed by atoms with Crippen molar-refractivity contribution < 1.29 is 13.9 Å². The van der Waals surface area contributed by atoms with Gasteiger partial charge in [-0.2, -0.15) is 0 Å². The summed E-state index contributed by atoms with van der Waals surface area (Å²) in [6.45, 7) is -0.558. The van der Waals surface area contributed by atoms with E-state index in [9.17, 15) is 8.78 Å². The Hall–Kier alpha value is -0.190. The first-order valence-electron chi connectivity index (χ1n) is 3.91. The standard InChI is InChI=1S/C9H8BrClF2O/c10-7-3-6(4-8(11)5-7)9(12,13)1-2-14/h3-5,14H,1-2H2. The van der Waals surface area contributed by atoms with Gasteiger partial charge in [0.2, 0.25) is 0 Å². The van der Waals surface area contributed by atoms with Gasteiger partial charge in [0.15, 0.2) is 0 Å². The average Bonchev–Trinajstić information content (AvgIpc) is 2.02. The normalized spacial score (nSPS) is 11.8. The minimum Gasteiger partial charge on any atom is -0.396 e. The van der Waals surface area contributed by atoms with Crippen molar-refractivity contribution in [3.05, 3.63) is 33.3 Å². The molecule has 0 amide bonds. The summed E-state index contributed by atoms with van der Waals surface area (Å²) in [4.78, 5) is 0. The summed E-state index contributed by atoms with van der Waals surface area (Å²) in [5.74, 6) is -3.04. The fraction of sp³-hybridized carbons (Fsp3) is 0.333. The molecule has 0 unspecified atom stereocenters. The topological polar surface area (TPSA) is 20.2 Å². The molecule has 0 aromatic heterocycles. The van der Waals surface area contributed by atoms with Crippen LogP contribution in [-0.2, 0) is 5.92 Å². The zero-order valence-electron chi connectivity index (χ0n) is 7.11. The van der Waals surface area contributed by atoms with Crippen LogP contribution in [0.25, 0.3) is 0 Å². The first-order chi connectivity index (χ1) is 6.45. The van der Waals surface area contributed by atoms with Crippen molar-refractivity contribution in [2.45, 2.75) is 12.3 Å². The Morgan fingerprint density at radius 2 is 2.00 bits per heavy atom. The second-order valence-electron chi connectivity index (χ2n) is 2.84. The summed E-state index contributed by atoms with van der Waals surface area (Å²) in [5.41, 5.74) is -0.189. The van der Waals surface area contributed by atoms with Gasteiger partial charge >= 0.3 is 0 Å². The highest BCUT2D eigenvalue weighted by Crippen LogP contribution is 2.34. The van der Waals surface area contributed by atoms with E-state index in [2.05, 4.69) is 15.9 Å². The van der Waals surface area contributed by atoms with Crippen molar-refractivity contribution in [1.82, 2.24) is 0 Å². The van der Waals surface area contributed by atoms with E-state index in [-0.39, 0.29) is 10.6 Å². The molecule has 5 heteroatoms. The van der Waals surface area contributed by atoms with E-state index >= 15 is 0 Å². The SMILES string of the molecule is OCCC(F)(F)c1cc(Cl)cc(Br)c1.